The molecule has 0 unspecified atom stereocenters. The first-order valence-corrected chi connectivity index (χ1v) is 4.02. The number of hydrogen-bond acceptors (Lipinski definition) is 6. The van der Waals surface area contributed by atoms with Gasteiger partial charge in [-0.15, -0.1) is 0 Å². The third-order valence-electron chi connectivity index (χ3n) is 1.63. The second kappa shape index (κ2) is 3.33. The van der Waals surface area contributed by atoms with E-state index in [-0.39, 0.29) is 11.9 Å². The van der Waals surface area contributed by atoms with Crippen molar-refractivity contribution in [3.8, 4) is 0 Å². The molecule has 2 aromatic heterocycles. The Kier molecular flexibility index (Phi) is 2.02. The number of nitrogens with two attached hydrogens (primary N) is 2. The van der Waals surface area contributed by atoms with E-state index in [0.29, 0.717) is 12.2 Å². The van der Waals surface area contributed by atoms with Crippen LogP contribution < -0.4 is 11.5 Å². The van der Waals surface area contributed by atoms with E-state index in [4.69, 9.17) is 15.9 Å². The van der Waals surface area contributed by atoms with E-state index in [2.05, 4.69) is 15.0 Å². The van der Waals surface area contributed by atoms with Crippen LogP contribution in [0.15, 0.2) is 22.8 Å². The summed E-state index contributed by atoms with van der Waals surface area (Å²) in [7, 11) is 0. The van der Waals surface area contributed by atoms with Gasteiger partial charge in [-0.25, -0.2) is 0 Å². The Morgan fingerprint density at radius 2 is 1.86 bits per heavy atom. The van der Waals surface area contributed by atoms with Crippen molar-refractivity contribution in [2.75, 3.05) is 11.5 Å². The standard InChI is InChI=1S/C8H9N5O/c9-7-11-6(12-8(10)13-7)4-5-2-1-3-14-5/h1-3H,4H2,(H4,9,10,11,12,13). The second-order valence-corrected chi connectivity index (χ2v) is 2.72. The van der Waals surface area contributed by atoms with Crippen molar-refractivity contribution in [1.29, 1.82) is 0 Å². The maximum Gasteiger partial charge on any atom is 0.225 e. The largest absolute Gasteiger partial charge is 0.469 e. The highest BCUT2D eigenvalue weighted by molar-refractivity contribution is 5.26. The second-order valence-electron chi connectivity index (χ2n) is 2.72. The van der Waals surface area contributed by atoms with Gasteiger partial charge in [0.2, 0.25) is 11.9 Å². The molecule has 0 aliphatic rings. The summed E-state index contributed by atoms with van der Waals surface area (Å²) in [6.45, 7) is 0. The molecule has 2 rings (SSSR count). The Labute approximate surface area is 80.0 Å². The molecular formula is C8H9N5O. The van der Waals surface area contributed by atoms with Crippen LogP contribution in [-0.4, -0.2) is 15.0 Å². The van der Waals surface area contributed by atoms with Gasteiger partial charge in [-0.3, -0.25) is 0 Å². The molecule has 0 spiro atoms. The monoisotopic (exact) mass is 191 g/mol. The molecule has 0 aliphatic heterocycles. The average Bonchev–Trinajstić information content (AvgIpc) is 2.54. The van der Waals surface area contributed by atoms with Crippen molar-refractivity contribution < 1.29 is 4.42 Å². The summed E-state index contributed by atoms with van der Waals surface area (Å²) < 4.78 is 5.14. The predicted octanol–water partition coefficient (Wildman–Crippen LogP) is 0.220. The fourth-order valence-corrected chi connectivity index (χ4v) is 1.10. The van der Waals surface area contributed by atoms with Gasteiger partial charge in [-0.05, 0) is 12.1 Å². The van der Waals surface area contributed by atoms with Crippen LogP contribution in [0.5, 0.6) is 0 Å². The lowest BCUT2D eigenvalue weighted by molar-refractivity contribution is 0.517. The van der Waals surface area contributed by atoms with Crippen molar-refractivity contribution in [2.45, 2.75) is 6.42 Å². The van der Waals surface area contributed by atoms with Crippen LogP contribution in [0.1, 0.15) is 11.6 Å². The van der Waals surface area contributed by atoms with Gasteiger partial charge in [0.15, 0.2) is 0 Å². The number of nitrogens with zero attached hydrogens (tertiary/aromatic N) is 3. The van der Waals surface area contributed by atoms with Gasteiger partial charge in [-0.2, -0.15) is 15.0 Å². The predicted molar refractivity (Wildman–Crippen MR) is 50.2 cm³/mol. The first-order valence-electron chi connectivity index (χ1n) is 4.02. The van der Waals surface area contributed by atoms with Crippen LogP contribution >= 0.6 is 0 Å². The van der Waals surface area contributed by atoms with Crippen molar-refractivity contribution >= 4 is 11.9 Å². The Bertz CT molecular complexity index is 405. The van der Waals surface area contributed by atoms with Crippen molar-refractivity contribution in [3.63, 3.8) is 0 Å². The minimum atomic E-state index is 0.124. The molecule has 0 bridgehead atoms. The number of furan rings is 1. The molecule has 6 heteroatoms. The first kappa shape index (κ1) is 8.49. The Morgan fingerprint density at radius 1 is 1.14 bits per heavy atom. The Hall–Kier alpha value is -2.11. The number of aromatic nitrogens is 3. The molecule has 0 radical (unpaired) electrons. The zero-order valence-corrected chi connectivity index (χ0v) is 7.34. The third-order valence-corrected chi connectivity index (χ3v) is 1.63. The molecule has 0 aliphatic carbocycles. The summed E-state index contributed by atoms with van der Waals surface area (Å²) in [5.41, 5.74) is 10.8. The maximum atomic E-state index is 5.42. The molecule has 0 fully saturated rings. The van der Waals surface area contributed by atoms with Crippen LogP contribution in [0.3, 0.4) is 0 Å². The molecule has 0 atom stereocenters. The molecular weight excluding hydrogens is 182 g/mol. The smallest absolute Gasteiger partial charge is 0.225 e. The van der Waals surface area contributed by atoms with Gasteiger partial charge in [0.1, 0.15) is 11.6 Å². The molecule has 72 valence electrons. The normalized spacial score (nSPS) is 10.3. The zero-order chi connectivity index (χ0) is 9.97. The lowest BCUT2D eigenvalue weighted by Crippen LogP contribution is -2.06. The van der Waals surface area contributed by atoms with Crippen LogP contribution in [-0.2, 0) is 6.42 Å². The number of anilines is 2. The van der Waals surface area contributed by atoms with Crippen molar-refractivity contribution in [1.82, 2.24) is 15.0 Å². The number of rotatable bonds is 2. The van der Waals surface area contributed by atoms with Crippen LogP contribution in [0.2, 0.25) is 0 Å². The van der Waals surface area contributed by atoms with E-state index >= 15 is 0 Å². The molecule has 0 amide bonds. The lowest BCUT2D eigenvalue weighted by Gasteiger charge is -1.99. The summed E-state index contributed by atoms with van der Waals surface area (Å²) in [6, 6.07) is 3.62. The Morgan fingerprint density at radius 3 is 2.43 bits per heavy atom. The third kappa shape index (κ3) is 1.79. The molecule has 2 aromatic rings. The molecule has 0 aromatic carbocycles. The highest BCUT2D eigenvalue weighted by Gasteiger charge is 2.04. The van der Waals surface area contributed by atoms with Crippen LogP contribution in [0.25, 0.3) is 0 Å². The molecule has 14 heavy (non-hydrogen) atoms. The van der Waals surface area contributed by atoms with E-state index in [1.54, 1.807) is 12.3 Å². The molecule has 6 nitrogen and oxygen atoms in total. The van der Waals surface area contributed by atoms with Gasteiger partial charge in [0, 0.05) is 0 Å². The van der Waals surface area contributed by atoms with E-state index in [9.17, 15) is 0 Å². The molecule has 4 N–H and O–H groups in total. The molecule has 2 heterocycles. The SMILES string of the molecule is Nc1nc(N)nc(Cc2ccco2)n1. The van der Waals surface area contributed by atoms with E-state index in [1.807, 2.05) is 6.07 Å². The summed E-state index contributed by atoms with van der Waals surface area (Å²) in [4.78, 5) is 11.5. The summed E-state index contributed by atoms with van der Waals surface area (Å²) >= 11 is 0. The van der Waals surface area contributed by atoms with Crippen LogP contribution in [0, 0.1) is 0 Å². The highest BCUT2D eigenvalue weighted by atomic mass is 16.3. The quantitative estimate of drug-likeness (QED) is 0.703. The van der Waals surface area contributed by atoms with E-state index in [0.717, 1.165) is 5.76 Å². The van der Waals surface area contributed by atoms with Gasteiger partial charge < -0.3 is 15.9 Å². The summed E-state index contributed by atoms with van der Waals surface area (Å²) in [6.07, 6.45) is 2.05. The van der Waals surface area contributed by atoms with E-state index in [1.165, 1.54) is 0 Å². The molecule has 0 saturated heterocycles. The Balaban J connectivity index is 2.25. The van der Waals surface area contributed by atoms with Crippen molar-refractivity contribution in [2.24, 2.45) is 0 Å². The average molecular weight is 191 g/mol. The fourth-order valence-electron chi connectivity index (χ4n) is 1.10. The minimum Gasteiger partial charge on any atom is -0.469 e. The lowest BCUT2D eigenvalue weighted by atomic mass is 10.3. The van der Waals surface area contributed by atoms with Gasteiger partial charge >= 0.3 is 0 Å². The van der Waals surface area contributed by atoms with Crippen molar-refractivity contribution in [3.05, 3.63) is 30.0 Å². The van der Waals surface area contributed by atoms with Gasteiger partial charge in [0.25, 0.3) is 0 Å². The summed E-state index contributed by atoms with van der Waals surface area (Å²) in [5, 5.41) is 0. The van der Waals surface area contributed by atoms with Gasteiger partial charge in [-0.1, -0.05) is 0 Å². The maximum absolute atomic E-state index is 5.42. The highest BCUT2D eigenvalue weighted by Crippen LogP contribution is 2.07. The van der Waals surface area contributed by atoms with Crippen LogP contribution in [0.4, 0.5) is 11.9 Å². The fraction of sp³-hybridized carbons (Fsp3) is 0.125. The topological polar surface area (TPSA) is 104 Å². The zero-order valence-electron chi connectivity index (χ0n) is 7.34. The number of hydrogen-bond donors (Lipinski definition) is 2. The summed E-state index contributed by atoms with van der Waals surface area (Å²) in [5.74, 6) is 1.51. The van der Waals surface area contributed by atoms with Gasteiger partial charge in [0.05, 0.1) is 12.7 Å². The first-order chi connectivity index (χ1) is 6.74. The number of nitrogen functional groups attached to an aromatic ring is 2. The van der Waals surface area contributed by atoms with E-state index < -0.39 is 0 Å². The minimum absolute atomic E-state index is 0.124. The molecule has 0 saturated carbocycles.